The largest absolute Gasteiger partial charge is 0.395 e. The van der Waals surface area contributed by atoms with Gasteiger partial charge in [-0.15, -0.1) is 11.3 Å². The number of halogens is 1. The Kier molecular flexibility index (Phi) is 4.39. The molecule has 1 unspecified atom stereocenters. The standard InChI is InChI=1S/C17H15ClN4O3S/c18-14-7-9-6-11(21-16(9)26-14)15(24)20-12-8-10-13(2-1-3-19-10)22(4-5-23)17(12)25/h1-3,6-7,12,21,23H,4-5,8H2,(H,20,24). The molecule has 0 fully saturated rings. The maximum Gasteiger partial charge on any atom is 0.268 e. The Labute approximate surface area is 157 Å². The number of thiophene rings is 1. The Morgan fingerprint density at radius 2 is 2.35 bits per heavy atom. The fourth-order valence-corrected chi connectivity index (χ4v) is 4.24. The minimum atomic E-state index is -0.735. The van der Waals surface area contributed by atoms with Crippen LogP contribution in [0.15, 0.2) is 30.5 Å². The lowest BCUT2D eigenvalue weighted by molar-refractivity contribution is -0.121. The number of pyridine rings is 1. The van der Waals surface area contributed by atoms with Crippen LogP contribution in [-0.2, 0) is 11.2 Å². The summed E-state index contributed by atoms with van der Waals surface area (Å²) in [7, 11) is 0. The predicted octanol–water partition coefficient (Wildman–Crippen LogP) is 1.96. The second-order valence-corrected chi connectivity index (χ2v) is 7.61. The minimum absolute atomic E-state index is 0.153. The Balaban J connectivity index is 1.58. The normalized spacial score (nSPS) is 16.8. The molecule has 2 amide bonds. The summed E-state index contributed by atoms with van der Waals surface area (Å²) in [6.45, 7) is -0.0188. The van der Waals surface area contributed by atoms with E-state index in [1.54, 1.807) is 30.5 Å². The molecule has 0 radical (unpaired) electrons. The van der Waals surface area contributed by atoms with Crippen molar-refractivity contribution in [3.8, 4) is 0 Å². The van der Waals surface area contributed by atoms with E-state index in [1.807, 2.05) is 0 Å². The number of β-amino-alcohol motifs (C(OH)–C–C–N with tert-alkyl or cyclic N) is 1. The van der Waals surface area contributed by atoms with Gasteiger partial charge in [0, 0.05) is 24.5 Å². The fourth-order valence-electron chi connectivity index (χ4n) is 3.11. The van der Waals surface area contributed by atoms with Crippen LogP contribution < -0.4 is 10.2 Å². The van der Waals surface area contributed by atoms with Crippen LogP contribution in [0.1, 0.15) is 16.2 Å². The smallest absolute Gasteiger partial charge is 0.268 e. The number of rotatable bonds is 4. The van der Waals surface area contributed by atoms with E-state index in [0.717, 1.165) is 10.2 Å². The summed E-state index contributed by atoms with van der Waals surface area (Å²) in [6.07, 6.45) is 1.96. The number of H-pyrrole nitrogens is 1. The van der Waals surface area contributed by atoms with Crippen LogP contribution in [0.2, 0.25) is 4.34 Å². The molecule has 9 heteroatoms. The van der Waals surface area contributed by atoms with Crippen molar-refractivity contribution in [2.45, 2.75) is 12.5 Å². The van der Waals surface area contributed by atoms with Crippen molar-refractivity contribution < 1.29 is 14.7 Å². The molecule has 0 saturated carbocycles. The van der Waals surface area contributed by atoms with Crippen molar-refractivity contribution in [2.24, 2.45) is 0 Å². The first-order valence-electron chi connectivity index (χ1n) is 8.02. The highest BCUT2D eigenvalue weighted by Crippen LogP contribution is 2.30. The molecule has 4 heterocycles. The molecule has 134 valence electrons. The quantitative estimate of drug-likeness (QED) is 0.634. The lowest BCUT2D eigenvalue weighted by Crippen LogP contribution is -2.53. The van der Waals surface area contributed by atoms with E-state index >= 15 is 0 Å². The summed E-state index contributed by atoms with van der Waals surface area (Å²) in [5.74, 6) is -0.629. The number of fused-ring (bicyclic) bond motifs is 2. The summed E-state index contributed by atoms with van der Waals surface area (Å²) in [5, 5.41) is 12.9. The van der Waals surface area contributed by atoms with Gasteiger partial charge in [-0.05, 0) is 24.3 Å². The van der Waals surface area contributed by atoms with Crippen molar-refractivity contribution in [3.63, 3.8) is 0 Å². The number of aliphatic hydroxyl groups excluding tert-OH is 1. The zero-order valence-corrected chi connectivity index (χ0v) is 15.1. The molecule has 4 rings (SSSR count). The first-order chi connectivity index (χ1) is 12.6. The number of nitrogens with one attached hydrogen (secondary N) is 2. The number of hydrogen-bond acceptors (Lipinski definition) is 5. The van der Waals surface area contributed by atoms with Gasteiger partial charge in [0.05, 0.1) is 22.3 Å². The van der Waals surface area contributed by atoms with Gasteiger partial charge in [-0.25, -0.2) is 0 Å². The lowest BCUT2D eigenvalue weighted by Gasteiger charge is -2.33. The molecule has 0 saturated heterocycles. The SMILES string of the molecule is O=C(NC1Cc2ncccc2N(CCO)C1=O)c1cc2cc(Cl)sc2[nH]1. The molecule has 3 aromatic rings. The number of hydrogen-bond donors (Lipinski definition) is 3. The number of anilines is 1. The molecular weight excluding hydrogens is 376 g/mol. The third kappa shape index (κ3) is 2.96. The third-order valence-electron chi connectivity index (χ3n) is 4.27. The minimum Gasteiger partial charge on any atom is -0.395 e. The Morgan fingerprint density at radius 3 is 3.12 bits per heavy atom. The zero-order chi connectivity index (χ0) is 18.3. The van der Waals surface area contributed by atoms with Gasteiger partial charge < -0.3 is 20.3 Å². The summed E-state index contributed by atoms with van der Waals surface area (Å²) < 4.78 is 0.642. The van der Waals surface area contributed by atoms with Gasteiger partial charge in [-0.1, -0.05) is 11.6 Å². The average Bonchev–Trinajstić information content (AvgIpc) is 3.16. The van der Waals surface area contributed by atoms with E-state index < -0.39 is 6.04 Å². The third-order valence-corrected chi connectivity index (χ3v) is 5.47. The van der Waals surface area contributed by atoms with E-state index in [-0.39, 0.29) is 25.0 Å². The lowest BCUT2D eigenvalue weighted by atomic mass is 10.0. The number of aromatic amines is 1. The van der Waals surface area contributed by atoms with E-state index in [0.29, 0.717) is 27.8 Å². The second kappa shape index (κ2) is 6.71. The second-order valence-electron chi connectivity index (χ2n) is 5.93. The highest BCUT2D eigenvalue weighted by molar-refractivity contribution is 7.22. The molecule has 1 aliphatic rings. The summed E-state index contributed by atoms with van der Waals surface area (Å²) >= 11 is 7.30. The molecule has 0 bridgehead atoms. The molecule has 3 aromatic heterocycles. The maximum atomic E-state index is 12.8. The van der Waals surface area contributed by atoms with Crippen LogP contribution in [0, 0.1) is 0 Å². The molecule has 1 aliphatic heterocycles. The molecule has 1 atom stereocenters. The monoisotopic (exact) mass is 390 g/mol. The van der Waals surface area contributed by atoms with Gasteiger partial charge in [-0.2, -0.15) is 0 Å². The van der Waals surface area contributed by atoms with Crippen molar-refractivity contribution in [1.82, 2.24) is 15.3 Å². The van der Waals surface area contributed by atoms with Crippen LogP contribution in [0.25, 0.3) is 10.2 Å². The predicted molar refractivity (Wildman–Crippen MR) is 99.8 cm³/mol. The number of amides is 2. The zero-order valence-electron chi connectivity index (χ0n) is 13.5. The van der Waals surface area contributed by atoms with Crippen molar-refractivity contribution in [1.29, 1.82) is 0 Å². The van der Waals surface area contributed by atoms with Gasteiger partial charge >= 0.3 is 0 Å². The number of nitrogens with zero attached hydrogens (tertiary/aromatic N) is 2. The van der Waals surface area contributed by atoms with Gasteiger partial charge in [0.15, 0.2) is 0 Å². The van der Waals surface area contributed by atoms with Crippen molar-refractivity contribution >= 4 is 50.7 Å². The topological polar surface area (TPSA) is 98.3 Å². The Hall–Kier alpha value is -2.42. The van der Waals surface area contributed by atoms with Crippen molar-refractivity contribution in [2.75, 3.05) is 18.1 Å². The van der Waals surface area contributed by atoms with Crippen LogP contribution in [0.5, 0.6) is 0 Å². The summed E-state index contributed by atoms with van der Waals surface area (Å²) in [4.78, 5) is 34.9. The maximum absolute atomic E-state index is 12.8. The molecule has 0 aliphatic carbocycles. The average molecular weight is 391 g/mol. The van der Waals surface area contributed by atoms with Gasteiger partial charge in [0.25, 0.3) is 5.91 Å². The first kappa shape index (κ1) is 17.0. The summed E-state index contributed by atoms with van der Waals surface area (Å²) in [6, 6.07) is 6.28. The molecular formula is C17H15ClN4O3S. The van der Waals surface area contributed by atoms with Gasteiger partial charge in [0.2, 0.25) is 5.91 Å². The highest BCUT2D eigenvalue weighted by Gasteiger charge is 2.34. The van der Waals surface area contributed by atoms with Crippen molar-refractivity contribution in [3.05, 3.63) is 46.2 Å². The molecule has 0 aromatic carbocycles. The van der Waals surface area contributed by atoms with Gasteiger partial charge in [-0.3, -0.25) is 14.6 Å². The molecule has 7 nitrogen and oxygen atoms in total. The number of carbonyl (C=O) groups excluding carboxylic acids is 2. The number of aromatic nitrogens is 2. The first-order valence-corrected chi connectivity index (χ1v) is 9.21. The van der Waals surface area contributed by atoms with E-state index in [4.69, 9.17) is 11.6 Å². The number of aliphatic hydroxyl groups is 1. The highest BCUT2D eigenvalue weighted by atomic mass is 35.5. The van der Waals surface area contributed by atoms with Gasteiger partial charge in [0.1, 0.15) is 16.6 Å². The van der Waals surface area contributed by atoms with Crippen LogP contribution >= 0.6 is 22.9 Å². The number of carbonyl (C=O) groups is 2. The van der Waals surface area contributed by atoms with E-state index in [2.05, 4.69) is 15.3 Å². The fraction of sp³-hybridized carbons (Fsp3) is 0.235. The molecule has 0 spiro atoms. The van der Waals surface area contributed by atoms with E-state index in [9.17, 15) is 14.7 Å². The molecule has 3 N–H and O–H groups in total. The Morgan fingerprint density at radius 1 is 1.50 bits per heavy atom. The van der Waals surface area contributed by atoms with Crippen LogP contribution in [0.4, 0.5) is 5.69 Å². The molecule has 26 heavy (non-hydrogen) atoms. The van der Waals surface area contributed by atoms with E-state index in [1.165, 1.54) is 16.2 Å². The van der Waals surface area contributed by atoms with Crippen LogP contribution in [-0.4, -0.2) is 46.1 Å². The summed E-state index contributed by atoms with van der Waals surface area (Å²) in [5.41, 5.74) is 1.76. The Bertz CT molecular complexity index is 967. The van der Waals surface area contributed by atoms with Crippen LogP contribution in [0.3, 0.4) is 0 Å².